The molecule has 0 aliphatic carbocycles. The lowest BCUT2D eigenvalue weighted by Gasteiger charge is -2.29. The maximum absolute atomic E-state index is 13.5. The summed E-state index contributed by atoms with van der Waals surface area (Å²) in [5.41, 5.74) is 2.88. The number of carbonyl (C=O) groups is 1. The molecular formula is C27H27ClN2O. The van der Waals surface area contributed by atoms with Gasteiger partial charge in [0.25, 0.3) is 5.91 Å². The first-order valence-electron chi connectivity index (χ1n) is 10.7. The van der Waals surface area contributed by atoms with Crippen LogP contribution in [0.5, 0.6) is 0 Å². The van der Waals surface area contributed by atoms with E-state index in [2.05, 4.69) is 36.6 Å². The smallest absolute Gasteiger partial charge is 0.254 e. The van der Waals surface area contributed by atoms with Crippen molar-refractivity contribution < 1.29 is 4.79 Å². The molecule has 158 valence electrons. The number of benzene rings is 3. The molecule has 31 heavy (non-hydrogen) atoms. The van der Waals surface area contributed by atoms with Gasteiger partial charge in [0, 0.05) is 35.1 Å². The van der Waals surface area contributed by atoms with Crippen LogP contribution >= 0.6 is 11.6 Å². The highest BCUT2D eigenvalue weighted by atomic mass is 35.5. The highest BCUT2D eigenvalue weighted by Crippen LogP contribution is 2.22. The van der Waals surface area contributed by atoms with E-state index in [0.717, 1.165) is 39.0 Å². The van der Waals surface area contributed by atoms with Crippen LogP contribution in [-0.4, -0.2) is 21.4 Å². The summed E-state index contributed by atoms with van der Waals surface area (Å²) < 4.78 is 2.17. The largest absolute Gasteiger partial charge is 0.345 e. The van der Waals surface area contributed by atoms with E-state index in [-0.39, 0.29) is 11.9 Å². The van der Waals surface area contributed by atoms with Crippen LogP contribution in [0.4, 0.5) is 0 Å². The Kier molecular flexibility index (Phi) is 6.43. The Balaban J connectivity index is 1.61. The number of aromatic nitrogens is 1. The predicted octanol–water partition coefficient (Wildman–Crippen LogP) is 6.78. The summed E-state index contributed by atoms with van der Waals surface area (Å²) in [5.74, 6) is 0.0607. The zero-order valence-corrected chi connectivity index (χ0v) is 18.7. The third-order valence-electron chi connectivity index (χ3n) is 5.93. The summed E-state index contributed by atoms with van der Waals surface area (Å²) in [5, 5.41) is 2.98. The summed E-state index contributed by atoms with van der Waals surface area (Å²) in [6.07, 6.45) is 2.94. The van der Waals surface area contributed by atoms with Crippen molar-refractivity contribution in [2.45, 2.75) is 39.4 Å². The number of carbonyl (C=O) groups excluding carboxylic acids is 1. The fraction of sp³-hybridized carbons (Fsp3) is 0.222. The molecule has 4 aromatic rings. The summed E-state index contributed by atoms with van der Waals surface area (Å²) in [7, 11) is 0. The summed E-state index contributed by atoms with van der Waals surface area (Å²) in [6.45, 7) is 5.47. The highest BCUT2D eigenvalue weighted by Gasteiger charge is 2.22. The topological polar surface area (TPSA) is 25.2 Å². The molecule has 0 saturated carbocycles. The molecule has 3 aromatic carbocycles. The Labute approximate surface area is 188 Å². The van der Waals surface area contributed by atoms with Crippen molar-refractivity contribution in [2.24, 2.45) is 0 Å². The van der Waals surface area contributed by atoms with Crippen LogP contribution in [0.3, 0.4) is 0 Å². The maximum Gasteiger partial charge on any atom is 0.254 e. The van der Waals surface area contributed by atoms with Crippen molar-refractivity contribution in [2.75, 3.05) is 0 Å². The second kappa shape index (κ2) is 9.40. The first kappa shape index (κ1) is 21.2. The van der Waals surface area contributed by atoms with Crippen molar-refractivity contribution in [1.29, 1.82) is 0 Å². The van der Waals surface area contributed by atoms with Crippen LogP contribution in [-0.2, 0) is 13.1 Å². The van der Waals surface area contributed by atoms with Crippen LogP contribution in [0.15, 0.2) is 85.1 Å². The summed E-state index contributed by atoms with van der Waals surface area (Å²) in [6, 6.07) is 26.2. The van der Waals surface area contributed by atoms with Gasteiger partial charge >= 0.3 is 0 Å². The molecule has 1 amide bonds. The molecule has 0 bridgehead atoms. The fourth-order valence-electron chi connectivity index (χ4n) is 3.87. The molecule has 0 radical (unpaired) electrons. The number of nitrogens with zero attached hydrogens (tertiary/aromatic N) is 2. The fourth-order valence-corrected chi connectivity index (χ4v) is 4.06. The van der Waals surface area contributed by atoms with E-state index in [1.807, 2.05) is 71.8 Å². The van der Waals surface area contributed by atoms with Crippen molar-refractivity contribution in [3.8, 4) is 0 Å². The Morgan fingerprint density at radius 3 is 2.48 bits per heavy atom. The molecule has 1 heterocycles. The van der Waals surface area contributed by atoms with Gasteiger partial charge < -0.3 is 9.47 Å². The van der Waals surface area contributed by atoms with Gasteiger partial charge in [-0.05, 0) is 60.0 Å². The third-order valence-corrected chi connectivity index (χ3v) is 6.30. The van der Waals surface area contributed by atoms with E-state index in [1.165, 1.54) is 0 Å². The van der Waals surface area contributed by atoms with E-state index in [1.54, 1.807) is 0 Å². The summed E-state index contributed by atoms with van der Waals surface area (Å²) >= 11 is 6.37. The number of amides is 1. The average Bonchev–Trinajstić information content (AvgIpc) is 3.24. The van der Waals surface area contributed by atoms with Crippen LogP contribution in [0, 0.1) is 0 Å². The molecule has 1 atom stereocenters. The number of hydrogen-bond acceptors (Lipinski definition) is 1. The van der Waals surface area contributed by atoms with E-state index >= 15 is 0 Å². The lowest BCUT2D eigenvalue weighted by atomic mass is 10.1. The maximum atomic E-state index is 13.5. The van der Waals surface area contributed by atoms with Gasteiger partial charge in [0.1, 0.15) is 0 Å². The zero-order valence-electron chi connectivity index (χ0n) is 18.0. The lowest BCUT2D eigenvalue weighted by Crippen LogP contribution is -2.38. The monoisotopic (exact) mass is 430 g/mol. The Bertz CT molecular complexity index is 1200. The van der Waals surface area contributed by atoms with E-state index < -0.39 is 0 Å². The second-order valence-electron chi connectivity index (χ2n) is 7.97. The molecule has 1 aromatic heterocycles. The van der Waals surface area contributed by atoms with Crippen molar-refractivity contribution in [3.05, 3.63) is 107 Å². The standard InChI is InChI=1S/C27H27ClN2O/c1-3-20(2)30(27(31)23-15-14-21-9-4-5-10-22(21)17-23)19-25-12-8-16-29(25)18-24-11-6-7-13-26(24)28/h4-17,20H,3,18-19H2,1-2H3. The van der Waals surface area contributed by atoms with E-state index in [0.29, 0.717) is 13.1 Å². The quantitative estimate of drug-likeness (QED) is 0.317. The van der Waals surface area contributed by atoms with E-state index in [4.69, 9.17) is 11.6 Å². The van der Waals surface area contributed by atoms with Gasteiger partial charge in [0.15, 0.2) is 0 Å². The minimum absolute atomic E-state index is 0.0607. The van der Waals surface area contributed by atoms with Crippen LogP contribution in [0.25, 0.3) is 10.8 Å². The van der Waals surface area contributed by atoms with Crippen molar-refractivity contribution in [1.82, 2.24) is 9.47 Å². The van der Waals surface area contributed by atoms with Gasteiger partial charge in [-0.3, -0.25) is 4.79 Å². The van der Waals surface area contributed by atoms with Gasteiger partial charge in [0.2, 0.25) is 0 Å². The molecule has 3 nitrogen and oxygen atoms in total. The first-order chi connectivity index (χ1) is 15.1. The summed E-state index contributed by atoms with van der Waals surface area (Å²) in [4.78, 5) is 15.5. The highest BCUT2D eigenvalue weighted by molar-refractivity contribution is 6.31. The van der Waals surface area contributed by atoms with Crippen LogP contribution < -0.4 is 0 Å². The zero-order chi connectivity index (χ0) is 21.8. The number of halogens is 1. The molecule has 4 rings (SSSR count). The van der Waals surface area contributed by atoms with Crippen molar-refractivity contribution in [3.63, 3.8) is 0 Å². The van der Waals surface area contributed by atoms with Gasteiger partial charge in [-0.15, -0.1) is 0 Å². The molecule has 0 N–H and O–H groups in total. The molecule has 4 heteroatoms. The van der Waals surface area contributed by atoms with Gasteiger partial charge in [-0.25, -0.2) is 0 Å². The third kappa shape index (κ3) is 4.67. The molecular weight excluding hydrogens is 404 g/mol. The van der Waals surface area contributed by atoms with E-state index in [9.17, 15) is 4.79 Å². The SMILES string of the molecule is CCC(C)N(Cc1cccn1Cc1ccccc1Cl)C(=O)c1ccc2ccccc2c1. The Morgan fingerprint density at radius 1 is 0.968 bits per heavy atom. The number of hydrogen-bond donors (Lipinski definition) is 0. The molecule has 0 fully saturated rings. The van der Waals surface area contributed by atoms with Gasteiger partial charge in [-0.2, -0.15) is 0 Å². The van der Waals surface area contributed by atoms with Crippen LogP contribution in [0.2, 0.25) is 5.02 Å². The number of fused-ring (bicyclic) bond motifs is 1. The van der Waals surface area contributed by atoms with Gasteiger partial charge in [0.05, 0.1) is 6.54 Å². The minimum atomic E-state index is 0.0607. The minimum Gasteiger partial charge on any atom is -0.345 e. The van der Waals surface area contributed by atoms with Crippen LogP contribution in [0.1, 0.15) is 41.9 Å². The molecule has 0 aliphatic rings. The lowest BCUT2D eigenvalue weighted by molar-refractivity contribution is 0.0667. The Hall–Kier alpha value is -3.04. The first-order valence-corrected chi connectivity index (χ1v) is 11.1. The van der Waals surface area contributed by atoms with Crippen molar-refractivity contribution >= 4 is 28.3 Å². The predicted molar refractivity (Wildman–Crippen MR) is 129 cm³/mol. The molecule has 0 aliphatic heterocycles. The van der Waals surface area contributed by atoms with Gasteiger partial charge in [-0.1, -0.05) is 67.1 Å². The normalized spacial score (nSPS) is 12.1. The average molecular weight is 431 g/mol. The molecule has 0 saturated heterocycles. The number of rotatable bonds is 7. The second-order valence-corrected chi connectivity index (χ2v) is 8.38. The molecule has 0 spiro atoms. The molecule has 1 unspecified atom stereocenters. The Morgan fingerprint density at radius 2 is 1.71 bits per heavy atom.